The average molecular weight is 332 g/mol. The summed E-state index contributed by atoms with van der Waals surface area (Å²) in [4.78, 5) is 25.8. The molecule has 0 radical (unpaired) electrons. The van der Waals surface area contributed by atoms with Crippen LogP contribution in [-0.4, -0.2) is 22.6 Å². The van der Waals surface area contributed by atoms with Crippen LogP contribution in [0.4, 0.5) is 25.8 Å². The summed E-state index contributed by atoms with van der Waals surface area (Å²) in [6, 6.07) is 7.88. The van der Waals surface area contributed by atoms with Gasteiger partial charge in [-0.3, -0.25) is 14.9 Å². The van der Waals surface area contributed by atoms with Crippen LogP contribution in [0.5, 0.6) is 0 Å². The fourth-order valence-corrected chi connectivity index (χ4v) is 2.45. The van der Waals surface area contributed by atoms with Gasteiger partial charge in [-0.15, -0.1) is 0 Å². The molecule has 1 aliphatic heterocycles. The normalized spacial score (nSPS) is 15.9. The Balaban J connectivity index is 2.29. The average Bonchev–Trinajstić information content (AvgIpc) is 2.55. The van der Waals surface area contributed by atoms with Crippen molar-refractivity contribution >= 4 is 28.7 Å². The van der Waals surface area contributed by atoms with Crippen molar-refractivity contribution < 1.29 is 18.5 Å². The Morgan fingerprint density at radius 2 is 1.96 bits per heavy atom. The largest absolute Gasteiger partial charge is 0.368 e. The number of nitro benzene ring substituents is 1. The Morgan fingerprint density at radius 3 is 2.54 bits per heavy atom. The summed E-state index contributed by atoms with van der Waals surface area (Å²) in [5, 5.41) is 13.7. The van der Waals surface area contributed by atoms with Crippen LogP contribution >= 0.6 is 0 Å². The predicted molar refractivity (Wildman–Crippen MR) is 82.3 cm³/mol. The Kier molecular flexibility index (Phi) is 3.68. The molecule has 0 aliphatic carbocycles. The smallest absolute Gasteiger partial charge is 0.335 e. The maximum Gasteiger partial charge on any atom is 0.335 e. The third kappa shape index (κ3) is 2.45. The molecule has 2 aromatic rings. The quantitative estimate of drug-likeness (QED) is 0.663. The molecule has 1 amide bonds. The molecule has 0 bridgehead atoms. The standard InChI is InChI=1S/C15H10F2N4O3/c16-8-6-9-12(14(10(8)17)21(23)24)20-11(13(19-9)15(18)22)7-4-2-1-3-5-7/h1-6,13,19H,(H2,18,22). The molecule has 0 fully saturated rings. The van der Waals surface area contributed by atoms with E-state index in [4.69, 9.17) is 5.73 Å². The lowest BCUT2D eigenvalue weighted by molar-refractivity contribution is -0.386. The topological polar surface area (TPSA) is 111 Å². The first-order valence-electron chi connectivity index (χ1n) is 6.76. The zero-order valence-electron chi connectivity index (χ0n) is 12.0. The van der Waals surface area contributed by atoms with Crippen molar-refractivity contribution in [3.05, 3.63) is 63.7 Å². The van der Waals surface area contributed by atoms with Crippen molar-refractivity contribution in [3.63, 3.8) is 0 Å². The van der Waals surface area contributed by atoms with E-state index in [2.05, 4.69) is 10.3 Å². The number of carbonyl (C=O) groups is 1. The van der Waals surface area contributed by atoms with Crippen LogP contribution in [0, 0.1) is 21.7 Å². The summed E-state index contributed by atoms with van der Waals surface area (Å²) in [6.07, 6.45) is 0. The number of fused-ring (bicyclic) bond motifs is 1. The second kappa shape index (κ2) is 5.69. The van der Waals surface area contributed by atoms with Gasteiger partial charge in [-0.25, -0.2) is 9.38 Å². The second-order valence-electron chi connectivity index (χ2n) is 5.02. The molecule has 0 aromatic heterocycles. The van der Waals surface area contributed by atoms with Gasteiger partial charge in [0.05, 0.1) is 16.3 Å². The molecular weight excluding hydrogens is 322 g/mol. The summed E-state index contributed by atoms with van der Waals surface area (Å²) in [6.45, 7) is 0. The minimum atomic E-state index is -1.62. The van der Waals surface area contributed by atoms with Crippen molar-refractivity contribution in [2.45, 2.75) is 6.04 Å². The third-order valence-corrected chi connectivity index (χ3v) is 3.51. The van der Waals surface area contributed by atoms with Crippen LogP contribution < -0.4 is 11.1 Å². The molecule has 0 saturated heterocycles. The molecule has 24 heavy (non-hydrogen) atoms. The zero-order chi connectivity index (χ0) is 17.4. The van der Waals surface area contributed by atoms with Crippen LogP contribution in [0.3, 0.4) is 0 Å². The van der Waals surface area contributed by atoms with E-state index in [1.165, 1.54) is 0 Å². The molecule has 122 valence electrons. The molecule has 2 aromatic carbocycles. The zero-order valence-corrected chi connectivity index (χ0v) is 12.0. The van der Waals surface area contributed by atoms with Crippen molar-refractivity contribution in [3.8, 4) is 0 Å². The number of carbonyl (C=O) groups excluding carboxylic acids is 1. The van der Waals surface area contributed by atoms with Gasteiger partial charge in [-0.05, 0) is 5.56 Å². The summed E-state index contributed by atoms with van der Waals surface area (Å²) >= 11 is 0. The van der Waals surface area contributed by atoms with E-state index in [9.17, 15) is 23.7 Å². The molecule has 1 unspecified atom stereocenters. The van der Waals surface area contributed by atoms with Gasteiger partial charge in [-0.2, -0.15) is 4.39 Å². The first kappa shape index (κ1) is 15.5. The molecule has 9 heteroatoms. The third-order valence-electron chi connectivity index (χ3n) is 3.51. The van der Waals surface area contributed by atoms with Gasteiger partial charge in [0.1, 0.15) is 6.04 Å². The number of benzene rings is 2. The van der Waals surface area contributed by atoms with E-state index in [1.807, 2.05) is 0 Å². The van der Waals surface area contributed by atoms with Crippen LogP contribution in [0.1, 0.15) is 5.56 Å². The Labute approximate surface area is 134 Å². The maximum atomic E-state index is 13.8. The Hall–Kier alpha value is -3.36. The molecule has 3 rings (SSSR count). The molecule has 0 spiro atoms. The SMILES string of the molecule is NC(=O)C1Nc2cc(F)c(F)c([N+](=O)[O-])c2N=C1c1ccccc1. The lowest BCUT2D eigenvalue weighted by atomic mass is 9.99. The fraction of sp³-hybridized carbons (Fsp3) is 0.0667. The van der Waals surface area contributed by atoms with Gasteiger partial charge >= 0.3 is 5.69 Å². The molecular formula is C15H10F2N4O3. The Morgan fingerprint density at radius 1 is 1.29 bits per heavy atom. The fourth-order valence-electron chi connectivity index (χ4n) is 2.45. The highest BCUT2D eigenvalue weighted by Gasteiger charge is 2.35. The maximum absolute atomic E-state index is 13.8. The van der Waals surface area contributed by atoms with Crippen molar-refractivity contribution in [1.29, 1.82) is 0 Å². The summed E-state index contributed by atoms with van der Waals surface area (Å²) in [5.41, 5.74) is 4.22. The molecule has 0 saturated carbocycles. The number of nitrogens with one attached hydrogen (secondary N) is 1. The minimum absolute atomic E-state index is 0.0877. The van der Waals surface area contributed by atoms with Gasteiger partial charge in [0, 0.05) is 6.07 Å². The number of aliphatic imine (C=N–C) groups is 1. The summed E-state index contributed by atoms with van der Waals surface area (Å²) in [7, 11) is 0. The van der Waals surface area contributed by atoms with Crippen LogP contribution in [-0.2, 0) is 4.79 Å². The van der Waals surface area contributed by atoms with Crippen LogP contribution in [0.15, 0.2) is 41.4 Å². The predicted octanol–water partition coefficient (Wildman–Crippen LogP) is 2.27. The van der Waals surface area contributed by atoms with Gasteiger partial charge in [-0.1, -0.05) is 30.3 Å². The number of amides is 1. The van der Waals surface area contributed by atoms with Crippen LogP contribution in [0.25, 0.3) is 0 Å². The number of anilines is 1. The van der Waals surface area contributed by atoms with E-state index < -0.39 is 39.9 Å². The monoisotopic (exact) mass is 332 g/mol. The number of halogens is 2. The van der Waals surface area contributed by atoms with Crippen molar-refractivity contribution in [2.24, 2.45) is 10.7 Å². The van der Waals surface area contributed by atoms with E-state index in [-0.39, 0.29) is 11.4 Å². The van der Waals surface area contributed by atoms with Gasteiger partial charge < -0.3 is 11.1 Å². The van der Waals surface area contributed by atoms with Gasteiger partial charge in [0.2, 0.25) is 11.7 Å². The molecule has 3 N–H and O–H groups in total. The van der Waals surface area contributed by atoms with E-state index in [0.29, 0.717) is 11.6 Å². The minimum Gasteiger partial charge on any atom is -0.368 e. The second-order valence-corrected chi connectivity index (χ2v) is 5.02. The number of nitrogens with zero attached hydrogens (tertiary/aromatic N) is 2. The number of primary amides is 1. The van der Waals surface area contributed by atoms with E-state index in [0.717, 1.165) is 0 Å². The highest BCUT2D eigenvalue weighted by Crippen LogP contribution is 2.42. The highest BCUT2D eigenvalue weighted by atomic mass is 19.2. The molecule has 1 heterocycles. The number of hydrogen-bond donors (Lipinski definition) is 2. The summed E-state index contributed by atoms with van der Waals surface area (Å²) < 4.78 is 27.4. The highest BCUT2D eigenvalue weighted by molar-refractivity contribution is 6.20. The van der Waals surface area contributed by atoms with E-state index in [1.54, 1.807) is 30.3 Å². The first-order valence-corrected chi connectivity index (χ1v) is 6.76. The molecule has 1 aliphatic rings. The molecule has 7 nitrogen and oxygen atoms in total. The molecule has 1 atom stereocenters. The Bertz CT molecular complexity index is 884. The summed E-state index contributed by atoms with van der Waals surface area (Å²) in [5.74, 6) is -3.85. The van der Waals surface area contributed by atoms with Gasteiger partial charge in [0.25, 0.3) is 0 Å². The number of nitrogens with two attached hydrogens (primary N) is 1. The van der Waals surface area contributed by atoms with Gasteiger partial charge in [0.15, 0.2) is 11.5 Å². The lowest BCUT2D eigenvalue weighted by Crippen LogP contribution is -2.44. The van der Waals surface area contributed by atoms with Crippen molar-refractivity contribution in [2.75, 3.05) is 5.32 Å². The van der Waals surface area contributed by atoms with E-state index >= 15 is 0 Å². The number of hydrogen-bond acceptors (Lipinski definition) is 5. The van der Waals surface area contributed by atoms with Crippen molar-refractivity contribution in [1.82, 2.24) is 0 Å². The first-order chi connectivity index (χ1) is 11.4. The number of rotatable bonds is 3. The van der Waals surface area contributed by atoms with Crippen LogP contribution in [0.2, 0.25) is 0 Å². The lowest BCUT2D eigenvalue weighted by Gasteiger charge is -2.25. The number of nitro groups is 1.